The monoisotopic (exact) mass is 420 g/mol. The number of rotatable bonds is 4. The zero-order valence-corrected chi connectivity index (χ0v) is 17.5. The predicted molar refractivity (Wildman–Crippen MR) is 116 cm³/mol. The van der Waals surface area contributed by atoms with Crippen molar-refractivity contribution in [3.63, 3.8) is 0 Å². The second kappa shape index (κ2) is 9.12. The first-order chi connectivity index (χ1) is 15.0. The molecule has 0 spiro atoms. The molecule has 4 rings (SSSR count). The summed E-state index contributed by atoms with van der Waals surface area (Å²) in [4.78, 5) is 29.1. The molecule has 0 N–H and O–H groups in total. The minimum atomic E-state index is -0.367. The van der Waals surface area contributed by atoms with E-state index >= 15 is 0 Å². The van der Waals surface area contributed by atoms with Crippen LogP contribution < -0.4 is 0 Å². The van der Waals surface area contributed by atoms with Crippen LogP contribution in [0.15, 0.2) is 60.8 Å². The van der Waals surface area contributed by atoms with Gasteiger partial charge in [0, 0.05) is 43.5 Å². The summed E-state index contributed by atoms with van der Waals surface area (Å²) in [6.07, 6.45) is 2.61. The van der Waals surface area contributed by atoms with E-state index in [1.54, 1.807) is 14.5 Å². The molecular weight excluding hydrogens is 395 g/mol. The Morgan fingerprint density at radius 1 is 0.935 bits per heavy atom. The van der Waals surface area contributed by atoms with Gasteiger partial charge >= 0.3 is 0 Å². The molecule has 0 saturated carbocycles. The molecule has 1 saturated heterocycles. The van der Waals surface area contributed by atoms with Gasteiger partial charge in [0.15, 0.2) is 0 Å². The van der Waals surface area contributed by atoms with Crippen molar-refractivity contribution in [1.82, 2.24) is 19.6 Å². The van der Waals surface area contributed by atoms with E-state index in [4.69, 9.17) is 0 Å². The molecule has 0 atom stereocenters. The van der Waals surface area contributed by atoms with Crippen LogP contribution in [0.25, 0.3) is 11.1 Å². The fourth-order valence-corrected chi connectivity index (χ4v) is 3.88. The number of aromatic nitrogens is 2. The molecule has 1 aliphatic heterocycles. The fourth-order valence-electron chi connectivity index (χ4n) is 3.88. The summed E-state index contributed by atoms with van der Waals surface area (Å²) < 4.78 is 14.8. The first-order valence-electron chi connectivity index (χ1n) is 10.4. The number of carbonyl (C=O) groups is 2. The highest BCUT2D eigenvalue weighted by Gasteiger charge is 2.23. The van der Waals surface area contributed by atoms with E-state index in [1.165, 1.54) is 24.3 Å². The lowest BCUT2D eigenvalue weighted by atomic mass is 10.1. The van der Waals surface area contributed by atoms with Crippen LogP contribution in [-0.2, 0) is 11.3 Å². The van der Waals surface area contributed by atoms with E-state index in [0.29, 0.717) is 38.2 Å². The van der Waals surface area contributed by atoms with E-state index < -0.39 is 0 Å². The average molecular weight is 420 g/mol. The summed E-state index contributed by atoms with van der Waals surface area (Å²) in [6, 6.07) is 15.5. The van der Waals surface area contributed by atoms with Crippen LogP contribution in [-0.4, -0.2) is 57.6 Å². The van der Waals surface area contributed by atoms with Crippen LogP contribution in [0.1, 0.15) is 22.5 Å². The van der Waals surface area contributed by atoms with Gasteiger partial charge in [0.05, 0.1) is 5.69 Å². The quantitative estimate of drug-likeness (QED) is 0.650. The van der Waals surface area contributed by atoms with Crippen molar-refractivity contribution in [1.29, 1.82) is 0 Å². The van der Waals surface area contributed by atoms with Crippen molar-refractivity contribution in [3.05, 3.63) is 77.9 Å². The Labute approximate surface area is 180 Å². The van der Waals surface area contributed by atoms with E-state index in [9.17, 15) is 14.0 Å². The van der Waals surface area contributed by atoms with Crippen LogP contribution in [0.3, 0.4) is 0 Å². The molecule has 1 fully saturated rings. The van der Waals surface area contributed by atoms with Crippen molar-refractivity contribution in [2.75, 3.05) is 26.2 Å². The van der Waals surface area contributed by atoms with Gasteiger partial charge in [-0.05, 0) is 43.2 Å². The van der Waals surface area contributed by atoms with Gasteiger partial charge in [-0.3, -0.25) is 14.3 Å². The number of amides is 2. The number of nitrogens with zero attached hydrogens (tertiary/aromatic N) is 4. The molecule has 0 bridgehead atoms. The zero-order chi connectivity index (χ0) is 21.8. The normalized spacial score (nSPS) is 14.4. The van der Waals surface area contributed by atoms with Crippen molar-refractivity contribution in [2.45, 2.75) is 19.9 Å². The van der Waals surface area contributed by atoms with Crippen molar-refractivity contribution >= 4 is 11.8 Å². The van der Waals surface area contributed by atoms with Crippen LogP contribution in [0.4, 0.5) is 4.39 Å². The number of aryl methyl sites for hydroxylation is 1. The second-order valence-electron chi connectivity index (χ2n) is 7.73. The summed E-state index contributed by atoms with van der Waals surface area (Å²) in [5.74, 6) is -0.517. The molecule has 3 aromatic rings. The minimum absolute atomic E-state index is 0.0156. The second-order valence-corrected chi connectivity index (χ2v) is 7.73. The molecule has 6 nitrogen and oxygen atoms in total. The van der Waals surface area contributed by atoms with Crippen molar-refractivity contribution in [3.8, 4) is 11.1 Å². The number of carbonyl (C=O) groups excluding carboxylic acids is 2. The zero-order valence-electron chi connectivity index (χ0n) is 17.5. The van der Waals surface area contributed by atoms with Gasteiger partial charge in [-0.15, -0.1) is 0 Å². The smallest absolute Gasteiger partial charge is 0.253 e. The topological polar surface area (TPSA) is 58.4 Å². The van der Waals surface area contributed by atoms with Crippen LogP contribution in [0.2, 0.25) is 0 Å². The lowest BCUT2D eigenvalue weighted by molar-refractivity contribution is -0.131. The summed E-state index contributed by atoms with van der Waals surface area (Å²) in [6.45, 7) is 4.19. The van der Waals surface area contributed by atoms with E-state index in [1.807, 2.05) is 43.5 Å². The van der Waals surface area contributed by atoms with E-state index in [0.717, 1.165) is 16.8 Å². The number of hydrogen-bond acceptors (Lipinski definition) is 3. The van der Waals surface area contributed by atoms with Crippen LogP contribution in [0, 0.1) is 12.7 Å². The highest BCUT2D eigenvalue weighted by atomic mass is 19.1. The Hall–Kier alpha value is -3.48. The highest BCUT2D eigenvalue weighted by Crippen LogP contribution is 2.22. The number of benzene rings is 2. The molecule has 31 heavy (non-hydrogen) atoms. The van der Waals surface area contributed by atoms with Gasteiger partial charge in [0.25, 0.3) is 5.91 Å². The van der Waals surface area contributed by atoms with Crippen LogP contribution in [0.5, 0.6) is 0 Å². The molecule has 1 aliphatic rings. The summed E-state index contributed by atoms with van der Waals surface area (Å²) >= 11 is 0. The highest BCUT2D eigenvalue weighted by molar-refractivity contribution is 5.94. The Bertz CT molecular complexity index is 1060. The largest absolute Gasteiger partial charge is 0.339 e. The summed E-state index contributed by atoms with van der Waals surface area (Å²) in [5, 5.41) is 4.51. The van der Waals surface area contributed by atoms with Crippen LogP contribution >= 0.6 is 0 Å². The van der Waals surface area contributed by atoms with Gasteiger partial charge in [0.1, 0.15) is 12.4 Å². The third-order valence-corrected chi connectivity index (χ3v) is 5.56. The summed E-state index contributed by atoms with van der Waals surface area (Å²) in [7, 11) is 0. The Balaban J connectivity index is 1.38. The molecule has 7 heteroatoms. The molecule has 2 heterocycles. The van der Waals surface area contributed by atoms with Gasteiger partial charge in [-0.1, -0.05) is 30.3 Å². The molecular formula is C24H25FN4O2. The molecule has 0 radical (unpaired) electrons. The minimum Gasteiger partial charge on any atom is -0.339 e. The lowest BCUT2D eigenvalue weighted by Gasteiger charge is -2.22. The first kappa shape index (κ1) is 20.8. The standard InChI is InChI=1S/C24H25FN4O2/c1-18-22(19-6-3-2-4-7-19)16-29(26-18)17-23(30)27-12-5-13-28(15-14-27)24(31)20-8-10-21(25)11-9-20/h2-4,6-11,16H,5,12-15,17H2,1H3. The third kappa shape index (κ3) is 4.82. The van der Waals surface area contributed by atoms with Crippen molar-refractivity contribution < 1.29 is 14.0 Å². The number of halogens is 1. The molecule has 2 amide bonds. The molecule has 0 aliphatic carbocycles. The molecule has 0 unspecified atom stereocenters. The Morgan fingerprint density at radius 2 is 1.61 bits per heavy atom. The predicted octanol–water partition coefficient (Wildman–Crippen LogP) is 3.37. The molecule has 160 valence electrons. The van der Waals surface area contributed by atoms with Gasteiger partial charge in [-0.2, -0.15) is 5.10 Å². The maximum atomic E-state index is 13.1. The van der Waals surface area contributed by atoms with Gasteiger partial charge < -0.3 is 9.80 Å². The fraction of sp³-hybridized carbons (Fsp3) is 0.292. The van der Waals surface area contributed by atoms with Gasteiger partial charge in [-0.25, -0.2) is 4.39 Å². The first-order valence-corrected chi connectivity index (χ1v) is 10.4. The third-order valence-electron chi connectivity index (χ3n) is 5.56. The molecule has 1 aromatic heterocycles. The van der Waals surface area contributed by atoms with E-state index in [2.05, 4.69) is 5.10 Å². The van der Waals surface area contributed by atoms with Crippen molar-refractivity contribution in [2.24, 2.45) is 0 Å². The average Bonchev–Trinajstić information content (AvgIpc) is 2.98. The van der Waals surface area contributed by atoms with E-state index in [-0.39, 0.29) is 24.2 Å². The van der Waals surface area contributed by atoms with Gasteiger partial charge in [0.2, 0.25) is 5.91 Å². The lowest BCUT2D eigenvalue weighted by Crippen LogP contribution is -2.38. The Morgan fingerprint density at radius 3 is 2.35 bits per heavy atom. The molecule has 2 aromatic carbocycles. The maximum absolute atomic E-state index is 13.1. The SMILES string of the molecule is Cc1nn(CC(=O)N2CCCN(C(=O)c3ccc(F)cc3)CC2)cc1-c1ccccc1. The maximum Gasteiger partial charge on any atom is 0.253 e. The number of hydrogen-bond donors (Lipinski definition) is 0. The Kier molecular flexibility index (Phi) is 6.11. The summed E-state index contributed by atoms with van der Waals surface area (Å²) in [5.41, 5.74) is 3.43.